The van der Waals surface area contributed by atoms with E-state index < -0.39 is 0 Å². The van der Waals surface area contributed by atoms with Gasteiger partial charge in [-0.3, -0.25) is 4.90 Å². The van der Waals surface area contributed by atoms with Crippen molar-refractivity contribution in [2.24, 2.45) is 5.92 Å². The maximum Gasteiger partial charge on any atom is 0.123 e. The number of hydrogen-bond acceptors (Lipinski definition) is 3. The maximum absolute atomic E-state index is 5.47. The van der Waals surface area contributed by atoms with Gasteiger partial charge in [0, 0.05) is 37.3 Å². The van der Waals surface area contributed by atoms with E-state index in [-0.39, 0.29) is 0 Å². The summed E-state index contributed by atoms with van der Waals surface area (Å²) in [4.78, 5) is 2.59. The van der Waals surface area contributed by atoms with Crippen LogP contribution in [0.15, 0.2) is 24.3 Å². The molecule has 1 aliphatic heterocycles. The number of benzene rings is 1. The van der Waals surface area contributed by atoms with Gasteiger partial charge in [-0.15, -0.1) is 0 Å². The first-order valence-electron chi connectivity index (χ1n) is 7.21. The summed E-state index contributed by atoms with van der Waals surface area (Å²) in [6.45, 7) is 10.0. The highest BCUT2D eigenvalue weighted by atomic mass is 16.5. The van der Waals surface area contributed by atoms with E-state index in [4.69, 9.17) is 4.74 Å². The number of nitrogens with one attached hydrogen (secondary N) is 1. The van der Waals surface area contributed by atoms with Gasteiger partial charge in [0.15, 0.2) is 0 Å². The van der Waals surface area contributed by atoms with Gasteiger partial charge in [0.1, 0.15) is 5.75 Å². The lowest BCUT2D eigenvalue weighted by Gasteiger charge is -2.41. The van der Waals surface area contributed by atoms with Gasteiger partial charge >= 0.3 is 0 Å². The van der Waals surface area contributed by atoms with E-state index in [1.54, 1.807) is 7.11 Å². The molecular formula is C16H26N2O. The number of rotatable bonds is 4. The first-order chi connectivity index (χ1) is 9.11. The predicted octanol–water partition coefficient (Wildman–Crippen LogP) is 2.51. The van der Waals surface area contributed by atoms with Gasteiger partial charge in [0.25, 0.3) is 0 Å². The highest BCUT2D eigenvalue weighted by Crippen LogP contribution is 2.23. The summed E-state index contributed by atoms with van der Waals surface area (Å²) in [6, 6.07) is 9.50. The van der Waals surface area contributed by atoms with Gasteiger partial charge in [-0.05, 0) is 18.9 Å². The van der Waals surface area contributed by atoms with E-state index in [9.17, 15) is 0 Å². The van der Waals surface area contributed by atoms with Crippen molar-refractivity contribution < 1.29 is 4.74 Å². The Balaban J connectivity index is 2.14. The average molecular weight is 262 g/mol. The molecule has 0 saturated carbocycles. The molecule has 19 heavy (non-hydrogen) atoms. The zero-order valence-corrected chi connectivity index (χ0v) is 12.5. The summed E-state index contributed by atoms with van der Waals surface area (Å²) in [7, 11) is 1.75. The van der Waals surface area contributed by atoms with Crippen LogP contribution in [0.2, 0.25) is 0 Å². The lowest BCUT2D eigenvalue weighted by atomic mass is 9.98. The van der Waals surface area contributed by atoms with E-state index in [2.05, 4.69) is 43.1 Å². The van der Waals surface area contributed by atoms with Crippen molar-refractivity contribution in [3.8, 4) is 5.75 Å². The fourth-order valence-electron chi connectivity index (χ4n) is 2.89. The van der Waals surface area contributed by atoms with Crippen molar-refractivity contribution >= 4 is 0 Å². The Morgan fingerprint density at radius 3 is 2.79 bits per heavy atom. The van der Waals surface area contributed by atoms with Crippen LogP contribution in [0, 0.1) is 5.92 Å². The number of hydrogen-bond donors (Lipinski definition) is 1. The number of methoxy groups -OCH3 is 1. The maximum atomic E-state index is 5.47. The molecule has 0 bridgehead atoms. The van der Waals surface area contributed by atoms with E-state index in [1.165, 1.54) is 5.56 Å². The number of ether oxygens (including phenoxy) is 1. The topological polar surface area (TPSA) is 24.5 Å². The molecule has 1 aromatic rings. The molecular weight excluding hydrogens is 236 g/mol. The minimum Gasteiger partial charge on any atom is -0.496 e. The summed E-state index contributed by atoms with van der Waals surface area (Å²) >= 11 is 0. The summed E-state index contributed by atoms with van der Waals surface area (Å²) in [6.07, 6.45) is 0. The molecule has 1 heterocycles. The molecule has 2 rings (SSSR count). The van der Waals surface area contributed by atoms with Crippen molar-refractivity contribution in [2.75, 3.05) is 20.2 Å². The predicted molar refractivity (Wildman–Crippen MR) is 79.5 cm³/mol. The van der Waals surface area contributed by atoms with E-state index in [0.29, 0.717) is 18.0 Å². The molecule has 1 saturated heterocycles. The smallest absolute Gasteiger partial charge is 0.123 e. The Hall–Kier alpha value is -1.06. The van der Waals surface area contributed by atoms with Crippen LogP contribution in [0.5, 0.6) is 5.75 Å². The quantitative estimate of drug-likeness (QED) is 0.902. The van der Waals surface area contributed by atoms with Crippen LogP contribution in [-0.2, 0) is 6.54 Å². The third-order valence-corrected chi connectivity index (χ3v) is 3.99. The van der Waals surface area contributed by atoms with Crippen LogP contribution in [0.1, 0.15) is 26.3 Å². The minimum absolute atomic E-state index is 0.560. The normalized spacial score (nSPS) is 24.7. The monoisotopic (exact) mass is 262 g/mol. The van der Waals surface area contributed by atoms with Crippen molar-refractivity contribution in [3.63, 3.8) is 0 Å². The summed E-state index contributed by atoms with van der Waals surface area (Å²) in [5.41, 5.74) is 1.28. The molecule has 3 nitrogen and oxygen atoms in total. The molecule has 1 aromatic carbocycles. The molecule has 2 unspecified atom stereocenters. The zero-order chi connectivity index (χ0) is 13.8. The van der Waals surface area contributed by atoms with Crippen LogP contribution in [-0.4, -0.2) is 37.2 Å². The molecule has 1 aliphatic rings. The molecule has 1 fully saturated rings. The SMILES string of the molecule is COc1ccccc1CN1CC(C)NCC1C(C)C. The fourth-order valence-corrected chi connectivity index (χ4v) is 2.89. The summed E-state index contributed by atoms with van der Waals surface area (Å²) in [5, 5.41) is 3.58. The van der Waals surface area contributed by atoms with E-state index >= 15 is 0 Å². The second-order valence-corrected chi connectivity index (χ2v) is 5.86. The van der Waals surface area contributed by atoms with Crippen molar-refractivity contribution in [2.45, 2.75) is 39.4 Å². The third-order valence-electron chi connectivity index (χ3n) is 3.99. The molecule has 1 N–H and O–H groups in total. The lowest BCUT2D eigenvalue weighted by Crippen LogP contribution is -2.56. The highest BCUT2D eigenvalue weighted by Gasteiger charge is 2.28. The fraction of sp³-hybridized carbons (Fsp3) is 0.625. The van der Waals surface area contributed by atoms with Crippen LogP contribution >= 0.6 is 0 Å². The lowest BCUT2D eigenvalue weighted by molar-refractivity contribution is 0.0947. The van der Waals surface area contributed by atoms with Gasteiger partial charge in [-0.2, -0.15) is 0 Å². The van der Waals surface area contributed by atoms with Crippen molar-refractivity contribution in [1.29, 1.82) is 0 Å². The molecule has 0 aliphatic carbocycles. The Kier molecular flexibility index (Phi) is 4.83. The average Bonchev–Trinajstić information content (AvgIpc) is 2.39. The zero-order valence-electron chi connectivity index (χ0n) is 12.5. The largest absolute Gasteiger partial charge is 0.496 e. The third kappa shape index (κ3) is 3.48. The van der Waals surface area contributed by atoms with Crippen molar-refractivity contribution in [1.82, 2.24) is 10.2 Å². The minimum atomic E-state index is 0.560. The van der Waals surface area contributed by atoms with E-state index in [1.807, 2.05) is 12.1 Å². The molecule has 0 amide bonds. The first kappa shape index (κ1) is 14.4. The Morgan fingerprint density at radius 2 is 2.11 bits per heavy atom. The van der Waals surface area contributed by atoms with Gasteiger partial charge in [0.2, 0.25) is 0 Å². The highest BCUT2D eigenvalue weighted by molar-refractivity contribution is 5.33. The van der Waals surface area contributed by atoms with Gasteiger partial charge in [0.05, 0.1) is 7.11 Å². The van der Waals surface area contributed by atoms with Crippen LogP contribution in [0.4, 0.5) is 0 Å². The molecule has 3 heteroatoms. The molecule has 106 valence electrons. The Labute approximate surface area is 116 Å². The Bertz CT molecular complexity index is 405. The molecule has 0 aromatic heterocycles. The molecule has 0 radical (unpaired) electrons. The number of piperazine rings is 1. The van der Waals surface area contributed by atoms with E-state index in [0.717, 1.165) is 25.4 Å². The Morgan fingerprint density at radius 1 is 1.37 bits per heavy atom. The summed E-state index contributed by atoms with van der Waals surface area (Å²) in [5.74, 6) is 1.66. The van der Waals surface area contributed by atoms with Crippen LogP contribution < -0.4 is 10.1 Å². The number of para-hydroxylation sites is 1. The van der Waals surface area contributed by atoms with Crippen molar-refractivity contribution in [3.05, 3.63) is 29.8 Å². The second-order valence-electron chi connectivity index (χ2n) is 5.86. The first-order valence-corrected chi connectivity index (χ1v) is 7.21. The van der Waals surface area contributed by atoms with Crippen LogP contribution in [0.25, 0.3) is 0 Å². The standard InChI is InChI=1S/C16H26N2O/c1-12(2)15-9-17-13(3)10-18(15)11-14-7-5-6-8-16(14)19-4/h5-8,12-13,15,17H,9-11H2,1-4H3. The molecule has 2 atom stereocenters. The van der Waals surface area contributed by atoms with Gasteiger partial charge in [-0.1, -0.05) is 32.0 Å². The van der Waals surface area contributed by atoms with Gasteiger partial charge < -0.3 is 10.1 Å². The van der Waals surface area contributed by atoms with Crippen LogP contribution in [0.3, 0.4) is 0 Å². The molecule has 0 spiro atoms. The summed E-state index contributed by atoms with van der Waals surface area (Å²) < 4.78 is 5.47. The second kappa shape index (κ2) is 6.40. The number of nitrogens with zero attached hydrogens (tertiary/aromatic N) is 1. The van der Waals surface area contributed by atoms with Gasteiger partial charge in [-0.25, -0.2) is 0 Å².